The summed E-state index contributed by atoms with van der Waals surface area (Å²) in [5.74, 6) is 0. The standard InChI is InChI=1S/2C17H15.C2H6Si.2ClH.Zr/c2*1-2-13-10-15-8-9-16(12-17(15)11-13)14-6-4-3-5-7-14;1-3-2;;;/h2*3-12H,2H2,1H3;1-2H3;2*1H;/q2*-1;;;;+4/p-2. The molecule has 0 bridgehead atoms. The van der Waals surface area contributed by atoms with E-state index in [0.29, 0.717) is 0 Å². The van der Waals surface area contributed by atoms with E-state index in [0.717, 1.165) is 22.4 Å². The number of hydrogen-bond donors (Lipinski definition) is 0. The topological polar surface area (TPSA) is 0 Å². The van der Waals surface area contributed by atoms with Gasteiger partial charge in [0.05, 0.1) is 0 Å². The van der Waals surface area contributed by atoms with E-state index in [2.05, 4.69) is 148 Å². The van der Waals surface area contributed by atoms with Gasteiger partial charge in [-0.1, -0.05) is 112 Å². The summed E-state index contributed by atoms with van der Waals surface area (Å²) in [5.41, 5.74) is 8.01. The van der Waals surface area contributed by atoms with Gasteiger partial charge < -0.3 is 24.8 Å². The molecule has 0 amide bonds. The van der Waals surface area contributed by atoms with Crippen LogP contribution in [-0.4, -0.2) is 9.52 Å². The van der Waals surface area contributed by atoms with Crippen LogP contribution < -0.4 is 24.8 Å². The number of aryl methyl sites for hydroxylation is 2. The molecule has 0 heterocycles. The molecule has 0 N–H and O–H groups in total. The van der Waals surface area contributed by atoms with Crippen molar-refractivity contribution in [1.82, 2.24) is 0 Å². The summed E-state index contributed by atoms with van der Waals surface area (Å²) in [4.78, 5) is 0. The Hall–Kier alpha value is -2.22. The van der Waals surface area contributed by atoms with Crippen LogP contribution in [0.1, 0.15) is 25.0 Å². The average molecular weight is 659 g/mol. The van der Waals surface area contributed by atoms with Crippen molar-refractivity contribution in [1.29, 1.82) is 0 Å². The van der Waals surface area contributed by atoms with E-state index in [1.54, 1.807) is 0 Å². The summed E-state index contributed by atoms with van der Waals surface area (Å²) in [6, 6.07) is 43.6. The number of hydrogen-bond acceptors (Lipinski definition) is 0. The molecule has 0 aliphatic carbocycles. The van der Waals surface area contributed by atoms with Crippen LogP contribution in [0.3, 0.4) is 0 Å². The van der Waals surface area contributed by atoms with Crippen LogP contribution >= 0.6 is 0 Å². The SMILES string of the molecule is CCc1cc2cc(-c3ccccc3)ccc2[cH-]1.CCc1cc2cc(-c3ccccc3)ccc2[cH-]1.C[Si]C.[Cl-].[Cl-].[Zr+4]. The Balaban J connectivity index is 0.000000341. The predicted molar refractivity (Wildman–Crippen MR) is 166 cm³/mol. The molecular formula is C36H36Cl2SiZr. The van der Waals surface area contributed by atoms with Crippen LogP contribution in [0.5, 0.6) is 0 Å². The molecule has 6 rings (SSSR count). The predicted octanol–water partition coefficient (Wildman–Crippen LogP) is 4.37. The molecule has 0 aromatic heterocycles. The van der Waals surface area contributed by atoms with Gasteiger partial charge in [0.2, 0.25) is 0 Å². The van der Waals surface area contributed by atoms with Crippen molar-refractivity contribution in [3.63, 3.8) is 0 Å². The number of halogens is 2. The van der Waals surface area contributed by atoms with E-state index in [4.69, 9.17) is 0 Å². The zero-order chi connectivity index (χ0) is 26.0. The zero-order valence-corrected chi connectivity index (χ0v) is 28.7. The summed E-state index contributed by atoms with van der Waals surface area (Å²) >= 11 is 0. The van der Waals surface area contributed by atoms with Crippen molar-refractivity contribution in [2.24, 2.45) is 0 Å². The minimum absolute atomic E-state index is 0. The molecule has 0 unspecified atom stereocenters. The fraction of sp³-hybridized carbons (Fsp3) is 0.167. The first kappa shape index (κ1) is 35.8. The maximum atomic E-state index is 2.29. The molecule has 0 nitrogen and oxygen atoms in total. The first-order valence-corrected chi connectivity index (χ1v) is 15.2. The van der Waals surface area contributed by atoms with Gasteiger partial charge in [-0.3, -0.25) is 0 Å². The Labute approximate surface area is 274 Å². The maximum Gasteiger partial charge on any atom is 4.00 e. The second-order valence-corrected chi connectivity index (χ2v) is 10.4. The molecule has 0 aliphatic heterocycles. The first-order valence-electron chi connectivity index (χ1n) is 13.2. The summed E-state index contributed by atoms with van der Waals surface area (Å²) in [6.45, 7) is 8.71. The van der Waals surface area contributed by atoms with E-state index < -0.39 is 0 Å². The third-order valence-electron chi connectivity index (χ3n) is 6.57. The summed E-state index contributed by atoms with van der Waals surface area (Å²) in [6.07, 6.45) is 2.21. The van der Waals surface area contributed by atoms with Crippen LogP contribution in [0.2, 0.25) is 13.1 Å². The van der Waals surface area contributed by atoms with E-state index >= 15 is 0 Å². The van der Waals surface area contributed by atoms with Crippen LogP contribution in [0.4, 0.5) is 0 Å². The molecule has 0 saturated heterocycles. The van der Waals surface area contributed by atoms with Crippen LogP contribution in [0.15, 0.2) is 121 Å². The number of fused-ring (bicyclic) bond motifs is 2. The van der Waals surface area contributed by atoms with Gasteiger partial charge in [0, 0.05) is 9.52 Å². The van der Waals surface area contributed by atoms with Gasteiger partial charge in [0.25, 0.3) is 0 Å². The monoisotopic (exact) mass is 656 g/mol. The number of benzene rings is 4. The second kappa shape index (κ2) is 18.3. The quantitative estimate of drug-likeness (QED) is 0.195. The second-order valence-electron chi connectivity index (χ2n) is 9.35. The Bertz CT molecular complexity index is 1420. The summed E-state index contributed by atoms with van der Waals surface area (Å²) in [7, 11) is 1.08. The van der Waals surface area contributed by atoms with Gasteiger partial charge in [-0.05, 0) is 35.1 Å². The molecule has 4 heteroatoms. The molecule has 40 heavy (non-hydrogen) atoms. The van der Waals surface area contributed by atoms with Crippen LogP contribution in [0, 0.1) is 0 Å². The van der Waals surface area contributed by atoms with Crippen LogP contribution in [0.25, 0.3) is 43.8 Å². The van der Waals surface area contributed by atoms with Gasteiger partial charge in [-0.25, -0.2) is 0 Å². The van der Waals surface area contributed by atoms with Gasteiger partial charge in [0.15, 0.2) is 0 Å². The Morgan fingerprint density at radius 3 is 1.18 bits per heavy atom. The minimum atomic E-state index is 0. The molecular weight excluding hydrogens is 623 g/mol. The fourth-order valence-corrected chi connectivity index (χ4v) is 4.57. The Morgan fingerprint density at radius 1 is 0.500 bits per heavy atom. The van der Waals surface area contributed by atoms with Gasteiger partial charge in [-0.2, -0.15) is 12.1 Å². The molecule has 0 spiro atoms. The van der Waals surface area contributed by atoms with Gasteiger partial charge >= 0.3 is 26.2 Å². The van der Waals surface area contributed by atoms with Crippen molar-refractivity contribution in [2.45, 2.75) is 39.8 Å². The third kappa shape index (κ3) is 9.42. The van der Waals surface area contributed by atoms with E-state index in [9.17, 15) is 0 Å². The fourth-order valence-electron chi connectivity index (χ4n) is 4.57. The van der Waals surface area contributed by atoms with Gasteiger partial charge in [0.1, 0.15) is 0 Å². The van der Waals surface area contributed by atoms with E-state index in [-0.39, 0.29) is 51.0 Å². The molecule has 6 aromatic carbocycles. The third-order valence-corrected chi connectivity index (χ3v) is 6.57. The summed E-state index contributed by atoms with van der Waals surface area (Å²) < 4.78 is 0. The molecule has 202 valence electrons. The van der Waals surface area contributed by atoms with E-state index in [1.807, 2.05) is 0 Å². The van der Waals surface area contributed by atoms with Crippen molar-refractivity contribution >= 4 is 31.1 Å². The molecule has 0 aliphatic rings. The molecule has 0 atom stereocenters. The minimum Gasteiger partial charge on any atom is -1.00 e. The van der Waals surface area contributed by atoms with Crippen molar-refractivity contribution in [2.75, 3.05) is 0 Å². The smallest absolute Gasteiger partial charge is 1.00 e. The van der Waals surface area contributed by atoms with E-state index in [1.165, 1.54) is 54.9 Å². The normalized spacial score (nSPS) is 9.70. The first-order chi connectivity index (χ1) is 18.1. The largest absolute Gasteiger partial charge is 4.00 e. The Morgan fingerprint density at radius 2 is 0.850 bits per heavy atom. The molecule has 0 fully saturated rings. The zero-order valence-electron chi connectivity index (χ0n) is 23.7. The van der Waals surface area contributed by atoms with Gasteiger partial charge in [-0.15, -0.1) is 56.9 Å². The van der Waals surface area contributed by atoms with Crippen molar-refractivity contribution in [3.8, 4) is 22.3 Å². The Kier molecular flexibility index (Phi) is 16.3. The molecule has 0 saturated carbocycles. The van der Waals surface area contributed by atoms with Crippen molar-refractivity contribution < 1.29 is 51.0 Å². The van der Waals surface area contributed by atoms with Crippen molar-refractivity contribution in [3.05, 3.63) is 132 Å². The average Bonchev–Trinajstić information content (AvgIpc) is 3.57. The number of rotatable bonds is 4. The molecule has 2 radical (unpaired) electrons. The maximum absolute atomic E-state index is 2.29. The van der Waals surface area contributed by atoms with Crippen LogP contribution in [-0.2, 0) is 39.0 Å². The summed E-state index contributed by atoms with van der Waals surface area (Å²) in [5, 5.41) is 5.40. The molecule has 6 aromatic rings.